The number of oxazole rings is 1. The Morgan fingerprint density at radius 3 is 2.60 bits per heavy atom. The van der Waals surface area contributed by atoms with Gasteiger partial charge >= 0.3 is 0 Å². The highest BCUT2D eigenvalue weighted by Gasteiger charge is 2.29. The number of aromatic nitrogens is 9. The van der Waals surface area contributed by atoms with Gasteiger partial charge in [-0.1, -0.05) is 6.07 Å². The van der Waals surface area contributed by atoms with Gasteiger partial charge in [0.2, 0.25) is 11.8 Å². The van der Waals surface area contributed by atoms with Crippen molar-refractivity contribution in [1.29, 1.82) is 5.26 Å². The SMILES string of the molecule is C[C@@H](Cn1cnnn1)Oc1cc(-c2cnc(Nc3cn([C@H]4CC[C@H](N5CCOCC5)CC4)nc3OCc3ncco3)nc2)ccc1C#N. The number of nitrogens with zero attached hydrogens (tertiary/aromatic N) is 11. The zero-order valence-electron chi connectivity index (χ0n) is 26.6. The summed E-state index contributed by atoms with van der Waals surface area (Å²) >= 11 is 0. The summed E-state index contributed by atoms with van der Waals surface area (Å²) in [7, 11) is 0. The molecule has 0 bridgehead atoms. The van der Waals surface area contributed by atoms with Gasteiger partial charge < -0.3 is 23.9 Å². The average Bonchev–Trinajstić information content (AvgIpc) is 3.92. The van der Waals surface area contributed by atoms with E-state index in [-0.39, 0.29) is 18.8 Å². The van der Waals surface area contributed by atoms with Crippen LogP contribution in [0.4, 0.5) is 11.6 Å². The largest absolute Gasteiger partial charge is 0.487 e. The van der Waals surface area contributed by atoms with Crippen LogP contribution in [0.15, 0.2) is 60.0 Å². The van der Waals surface area contributed by atoms with Gasteiger partial charge in [0.25, 0.3) is 5.88 Å². The van der Waals surface area contributed by atoms with Gasteiger partial charge in [0.15, 0.2) is 6.61 Å². The lowest BCUT2D eigenvalue weighted by Crippen LogP contribution is -2.45. The van der Waals surface area contributed by atoms with E-state index >= 15 is 0 Å². The fourth-order valence-corrected chi connectivity index (χ4v) is 6.17. The van der Waals surface area contributed by atoms with E-state index in [4.69, 9.17) is 23.7 Å². The Labute approximate surface area is 276 Å². The third-order valence-corrected chi connectivity index (χ3v) is 8.61. The maximum Gasteiger partial charge on any atom is 0.257 e. The topological polar surface area (TPSA) is 180 Å². The summed E-state index contributed by atoms with van der Waals surface area (Å²) in [5.74, 6) is 1.71. The lowest BCUT2D eigenvalue weighted by Gasteiger charge is -2.38. The van der Waals surface area contributed by atoms with Crippen molar-refractivity contribution in [1.82, 2.24) is 49.8 Å². The third-order valence-electron chi connectivity index (χ3n) is 8.61. The summed E-state index contributed by atoms with van der Waals surface area (Å²) in [4.78, 5) is 15.9. The van der Waals surface area contributed by atoms with Crippen molar-refractivity contribution in [3.63, 3.8) is 0 Å². The summed E-state index contributed by atoms with van der Waals surface area (Å²) in [6.07, 6.45) is 14.0. The number of nitrogens with one attached hydrogen (secondary N) is 1. The molecule has 0 unspecified atom stereocenters. The van der Waals surface area contributed by atoms with Gasteiger partial charge in [-0.3, -0.25) is 9.58 Å². The quantitative estimate of drug-likeness (QED) is 0.206. The average molecular weight is 653 g/mol. The lowest BCUT2D eigenvalue weighted by atomic mass is 9.90. The van der Waals surface area contributed by atoms with Gasteiger partial charge in [-0.05, 0) is 60.7 Å². The summed E-state index contributed by atoms with van der Waals surface area (Å²) in [5, 5.41) is 29.0. The Morgan fingerprint density at radius 2 is 1.88 bits per heavy atom. The second-order valence-corrected chi connectivity index (χ2v) is 11.9. The highest BCUT2D eigenvalue weighted by Crippen LogP contribution is 2.35. The predicted molar refractivity (Wildman–Crippen MR) is 170 cm³/mol. The number of benzene rings is 1. The smallest absolute Gasteiger partial charge is 0.257 e. The molecule has 1 N–H and O–H groups in total. The first-order valence-corrected chi connectivity index (χ1v) is 16.0. The first kappa shape index (κ1) is 31.2. The second-order valence-electron chi connectivity index (χ2n) is 11.9. The number of nitriles is 1. The van der Waals surface area contributed by atoms with Gasteiger partial charge in [-0.2, -0.15) is 5.26 Å². The molecule has 0 amide bonds. The molecule has 5 aromatic rings. The maximum absolute atomic E-state index is 9.66. The van der Waals surface area contributed by atoms with Crippen LogP contribution in [-0.2, 0) is 17.9 Å². The van der Waals surface area contributed by atoms with E-state index in [1.54, 1.807) is 29.3 Å². The summed E-state index contributed by atoms with van der Waals surface area (Å²) in [6, 6.07) is 8.42. The molecule has 2 fully saturated rings. The molecule has 16 heteroatoms. The number of tetrazole rings is 1. The highest BCUT2D eigenvalue weighted by molar-refractivity contribution is 5.67. The number of rotatable bonds is 12. The summed E-state index contributed by atoms with van der Waals surface area (Å²) in [6.45, 7) is 6.10. The lowest BCUT2D eigenvalue weighted by molar-refractivity contribution is 0.00502. The molecule has 7 rings (SSSR count). The molecule has 1 aromatic carbocycles. The molecule has 48 heavy (non-hydrogen) atoms. The molecule has 2 aliphatic rings. The van der Waals surface area contributed by atoms with Crippen molar-refractivity contribution in [2.45, 2.75) is 63.9 Å². The molecule has 0 spiro atoms. The minimum atomic E-state index is -0.278. The van der Waals surface area contributed by atoms with Gasteiger partial charge in [-0.15, -0.1) is 10.2 Å². The van der Waals surface area contributed by atoms with Crippen LogP contribution in [0.2, 0.25) is 0 Å². The van der Waals surface area contributed by atoms with Crippen LogP contribution >= 0.6 is 0 Å². The second kappa shape index (κ2) is 14.6. The fraction of sp³-hybridized carbons (Fsp3) is 0.438. The van der Waals surface area contributed by atoms with Gasteiger partial charge in [0.1, 0.15) is 36.2 Å². The Balaban J connectivity index is 1.05. The molecule has 4 aromatic heterocycles. The molecule has 1 aliphatic heterocycles. The molecule has 16 nitrogen and oxygen atoms in total. The van der Waals surface area contributed by atoms with E-state index in [0.717, 1.165) is 63.1 Å². The molecule has 5 heterocycles. The standard InChI is InChI=1S/C32H36N12O4/c1-22(18-43-21-37-40-41-43)48-29-14-23(2-3-24(29)15-33)25-16-35-32(36-17-25)38-28-19-44(39-31(28)47-20-30-34-8-11-46-30)27-6-4-26(5-7-27)42-9-12-45-13-10-42/h2-3,8,11,14,16-17,19,21-22,26-27H,4-7,9-10,12-13,18,20H2,1H3,(H,35,36,38)/t22-,26-,27-/m0/s1. The molecular weight excluding hydrogens is 616 g/mol. The number of hydrogen-bond donors (Lipinski definition) is 1. The Bertz CT molecular complexity index is 1790. The molecule has 1 aliphatic carbocycles. The Kier molecular flexibility index (Phi) is 9.48. The van der Waals surface area contributed by atoms with Crippen molar-refractivity contribution in [3.05, 3.63) is 67.0 Å². The zero-order valence-corrected chi connectivity index (χ0v) is 26.6. The number of morpholine rings is 1. The summed E-state index contributed by atoms with van der Waals surface area (Å²) < 4.78 is 26.6. The fourth-order valence-electron chi connectivity index (χ4n) is 6.17. The van der Waals surface area contributed by atoms with Gasteiger partial charge in [0, 0.05) is 37.1 Å². The van der Waals surface area contributed by atoms with Crippen LogP contribution in [-0.4, -0.2) is 88.3 Å². The maximum atomic E-state index is 9.66. The van der Waals surface area contributed by atoms with E-state index in [9.17, 15) is 5.26 Å². The van der Waals surface area contributed by atoms with Crippen LogP contribution in [0.5, 0.6) is 11.6 Å². The van der Waals surface area contributed by atoms with Crippen LogP contribution in [0.3, 0.4) is 0 Å². The molecule has 1 atom stereocenters. The zero-order chi connectivity index (χ0) is 32.7. The minimum Gasteiger partial charge on any atom is -0.487 e. The van der Waals surface area contributed by atoms with Crippen molar-refractivity contribution in [3.8, 4) is 28.8 Å². The molecular formula is C32H36N12O4. The Hall–Kier alpha value is -5.40. The van der Waals surface area contributed by atoms with E-state index in [1.807, 2.05) is 29.9 Å². The molecule has 1 saturated heterocycles. The van der Waals surface area contributed by atoms with E-state index in [1.165, 1.54) is 12.6 Å². The van der Waals surface area contributed by atoms with Crippen molar-refractivity contribution in [2.75, 3.05) is 31.6 Å². The predicted octanol–water partition coefficient (Wildman–Crippen LogP) is 3.79. The van der Waals surface area contributed by atoms with Gasteiger partial charge in [0.05, 0.1) is 43.8 Å². The number of anilines is 2. The molecule has 0 radical (unpaired) electrons. The molecule has 1 saturated carbocycles. The van der Waals surface area contributed by atoms with Crippen molar-refractivity contribution < 1.29 is 18.6 Å². The normalized spacial score (nSPS) is 19.0. The van der Waals surface area contributed by atoms with E-state index < -0.39 is 0 Å². The van der Waals surface area contributed by atoms with Crippen LogP contribution in [0.1, 0.15) is 50.1 Å². The Morgan fingerprint density at radius 1 is 1.06 bits per heavy atom. The summed E-state index contributed by atoms with van der Waals surface area (Å²) in [5.41, 5.74) is 2.64. The monoisotopic (exact) mass is 652 g/mol. The highest BCUT2D eigenvalue weighted by atomic mass is 16.5. The number of ether oxygens (including phenoxy) is 3. The first-order chi connectivity index (χ1) is 23.6. The minimum absolute atomic E-state index is 0.139. The van der Waals surface area contributed by atoms with Crippen molar-refractivity contribution >= 4 is 11.6 Å². The van der Waals surface area contributed by atoms with Gasteiger partial charge in [-0.25, -0.2) is 19.6 Å². The first-order valence-electron chi connectivity index (χ1n) is 16.0. The van der Waals surface area contributed by atoms with Crippen LogP contribution in [0, 0.1) is 11.3 Å². The third kappa shape index (κ3) is 7.42. The van der Waals surface area contributed by atoms with Crippen LogP contribution < -0.4 is 14.8 Å². The molecule has 248 valence electrons. The van der Waals surface area contributed by atoms with E-state index in [2.05, 4.69) is 46.8 Å². The van der Waals surface area contributed by atoms with Crippen molar-refractivity contribution in [2.24, 2.45) is 0 Å². The number of hydrogen-bond acceptors (Lipinski definition) is 14. The van der Waals surface area contributed by atoms with E-state index in [0.29, 0.717) is 47.3 Å². The van der Waals surface area contributed by atoms with Crippen LogP contribution in [0.25, 0.3) is 11.1 Å².